The minimum Gasteiger partial charge on any atom is -0.488 e. The predicted molar refractivity (Wildman–Crippen MR) is 123 cm³/mol. The highest BCUT2D eigenvalue weighted by molar-refractivity contribution is 6.31. The molecular formula is C23H15Cl2N3O4. The maximum Gasteiger partial charge on any atom is 0.271 e. The van der Waals surface area contributed by atoms with Gasteiger partial charge in [0.1, 0.15) is 24.0 Å². The van der Waals surface area contributed by atoms with E-state index in [1.165, 1.54) is 30.3 Å². The zero-order valence-corrected chi connectivity index (χ0v) is 17.9. The maximum absolute atomic E-state index is 12.6. The highest BCUT2D eigenvalue weighted by atomic mass is 35.5. The monoisotopic (exact) mass is 467 g/mol. The zero-order valence-electron chi connectivity index (χ0n) is 16.4. The normalized spacial score (nSPS) is 10.8. The van der Waals surface area contributed by atoms with Gasteiger partial charge in [-0.05, 0) is 48.0 Å². The Hall–Kier alpha value is -3.86. The number of hydrogen-bond acceptors (Lipinski definition) is 5. The molecule has 0 aromatic heterocycles. The third-order valence-corrected chi connectivity index (χ3v) is 4.75. The summed E-state index contributed by atoms with van der Waals surface area (Å²) < 4.78 is 5.84. The van der Waals surface area contributed by atoms with Crippen LogP contribution in [0.1, 0.15) is 11.1 Å². The number of carbonyl (C=O) groups excluding carboxylic acids is 1. The summed E-state index contributed by atoms with van der Waals surface area (Å²) in [5.74, 6) is -0.308. The number of amides is 1. The van der Waals surface area contributed by atoms with Crippen LogP contribution < -0.4 is 10.1 Å². The number of nitriles is 1. The van der Waals surface area contributed by atoms with Crippen LogP contribution in [-0.4, -0.2) is 10.8 Å². The van der Waals surface area contributed by atoms with E-state index >= 15 is 0 Å². The van der Waals surface area contributed by atoms with Gasteiger partial charge in [-0.15, -0.1) is 0 Å². The average molecular weight is 468 g/mol. The number of non-ortho nitro benzene ring substituents is 1. The molecule has 0 aliphatic rings. The van der Waals surface area contributed by atoms with Crippen LogP contribution in [0.3, 0.4) is 0 Å². The van der Waals surface area contributed by atoms with Crippen LogP contribution in [0.15, 0.2) is 72.3 Å². The van der Waals surface area contributed by atoms with E-state index in [9.17, 15) is 20.2 Å². The molecule has 7 nitrogen and oxygen atoms in total. The van der Waals surface area contributed by atoms with Gasteiger partial charge < -0.3 is 10.1 Å². The lowest BCUT2D eigenvalue weighted by atomic mass is 10.1. The highest BCUT2D eigenvalue weighted by Gasteiger charge is 2.14. The fourth-order valence-corrected chi connectivity index (χ4v) is 3.01. The van der Waals surface area contributed by atoms with Gasteiger partial charge in [-0.3, -0.25) is 14.9 Å². The van der Waals surface area contributed by atoms with Crippen LogP contribution in [0.2, 0.25) is 10.0 Å². The van der Waals surface area contributed by atoms with Crippen LogP contribution in [0.5, 0.6) is 5.75 Å². The Labute approximate surface area is 193 Å². The molecule has 9 heteroatoms. The van der Waals surface area contributed by atoms with Crippen LogP contribution in [0.25, 0.3) is 6.08 Å². The minimum atomic E-state index is -0.725. The van der Waals surface area contributed by atoms with Crippen molar-refractivity contribution in [1.82, 2.24) is 0 Å². The first-order valence-corrected chi connectivity index (χ1v) is 9.95. The van der Waals surface area contributed by atoms with E-state index in [0.717, 1.165) is 5.56 Å². The van der Waals surface area contributed by atoms with Gasteiger partial charge in [-0.2, -0.15) is 5.26 Å². The van der Waals surface area contributed by atoms with Crippen LogP contribution in [0, 0.1) is 21.4 Å². The van der Waals surface area contributed by atoms with Crippen molar-refractivity contribution < 1.29 is 14.5 Å². The van der Waals surface area contributed by atoms with E-state index in [4.69, 9.17) is 27.9 Å². The van der Waals surface area contributed by atoms with Crippen molar-refractivity contribution in [2.45, 2.75) is 6.61 Å². The summed E-state index contributed by atoms with van der Waals surface area (Å²) in [5, 5.41) is 23.9. The standard InChI is InChI=1S/C23H15Cl2N3O4/c24-18-6-4-15(5-7-18)14-32-22-9-8-19(25)11-16(22)10-17(13-26)23(29)27-20-2-1-3-21(12-20)28(30)31/h1-12H,14H2,(H,27,29)/b17-10+. The topological polar surface area (TPSA) is 105 Å². The number of nitrogens with one attached hydrogen (secondary N) is 1. The molecule has 0 aliphatic heterocycles. The van der Waals surface area contributed by atoms with E-state index in [0.29, 0.717) is 21.4 Å². The summed E-state index contributed by atoms with van der Waals surface area (Å²) in [5.41, 5.74) is 1.09. The van der Waals surface area contributed by atoms with Crippen LogP contribution >= 0.6 is 23.2 Å². The summed E-state index contributed by atoms with van der Waals surface area (Å²) >= 11 is 12.0. The number of hydrogen-bond donors (Lipinski definition) is 1. The smallest absolute Gasteiger partial charge is 0.271 e. The molecule has 0 atom stereocenters. The first-order valence-electron chi connectivity index (χ1n) is 9.20. The molecule has 0 bridgehead atoms. The second-order valence-corrected chi connectivity index (χ2v) is 7.40. The fourth-order valence-electron chi connectivity index (χ4n) is 2.71. The lowest BCUT2D eigenvalue weighted by Crippen LogP contribution is -2.13. The number of rotatable bonds is 7. The summed E-state index contributed by atoms with van der Waals surface area (Å²) in [6.07, 6.45) is 1.34. The van der Waals surface area contributed by atoms with Crippen molar-refractivity contribution >= 4 is 46.6 Å². The Morgan fingerprint density at radius 3 is 2.50 bits per heavy atom. The molecule has 3 rings (SSSR count). The number of anilines is 1. The fraction of sp³-hybridized carbons (Fsp3) is 0.0435. The molecule has 0 spiro atoms. The molecule has 0 radical (unpaired) electrons. The number of ether oxygens (including phenoxy) is 1. The predicted octanol–water partition coefficient (Wildman–Crippen LogP) is 6.03. The maximum atomic E-state index is 12.6. The number of nitrogens with zero attached hydrogens (tertiary/aromatic N) is 2. The third kappa shape index (κ3) is 6.08. The Bertz CT molecular complexity index is 1230. The van der Waals surface area contributed by atoms with Gasteiger partial charge >= 0.3 is 0 Å². The van der Waals surface area contributed by atoms with Gasteiger partial charge in [0, 0.05) is 33.4 Å². The first kappa shape index (κ1) is 22.8. The third-order valence-electron chi connectivity index (χ3n) is 4.26. The Morgan fingerprint density at radius 2 is 1.81 bits per heavy atom. The van der Waals surface area contributed by atoms with E-state index in [2.05, 4.69) is 5.32 Å². The molecule has 0 unspecified atom stereocenters. The van der Waals surface area contributed by atoms with Crippen LogP contribution in [0.4, 0.5) is 11.4 Å². The van der Waals surface area contributed by atoms with Crippen molar-refractivity contribution in [2.24, 2.45) is 0 Å². The number of halogens is 2. The summed E-state index contributed by atoms with van der Waals surface area (Å²) in [7, 11) is 0. The molecule has 3 aromatic rings. The Kier molecular flexibility index (Phi) is 7.45. The Morgan fingerprint density at radius 1 is 1.09 bits per heavy atom. The molecular weight excluding hydrogens is 453 g/mol. The second-order valence-electron chi connectivity index (χ2n) is 6.53. The van der Waals surface area contributed by atoms with Gasteiger partial charge in [0.25, 0.3) is 11.6 Å². The van der Waals surface area contributed by atoms with E-state index in [1.54, 1.807) is 30.3 Å². The molecule has 0 saturated carbocycles. The van der Waals surface area contributed by atoms with E-state index in [-0.39, 0.29) is 23.6 Å². The molecule has 160 valence electrons. The van der Waals surface area contributed by atoms with Gasteiger partial charge in [-0.1, -0.05) is 41.4 Å². The Balaban J connectivity index is 1.82. The van der Waals surface area contributed by atoms with Crippen molar-refractivity contribution in [3.8, 4) is 11.8 Å². The molecule has 32 heavy (non-hydrogen) atoms. The minimum absolute atomic E-state index is 0.182. The highest BCUT2D eigenvalue weighted by Crippen LogP contribution is 2.27. The van der Waals surface area contributed by atoms with Crippen molar-refractivity contribution in [1.29, 1.82) is 5.26 Å². The lowest BCUT2D eigenvalue weighted by Gasteiger charge is -2.11. The number of benzene rings is 3. The van der Waals surface area contributed by atoms with Gasteiger partial charge in [-0.25, -0.2) is 0 Å². The molecule has 0 aliphatic carbocycles. The lowest BCUT2D eigenvalue weighted by molar-refractivity contribution is -0.384. The summed E-state index contributed by atoms with van der Waals surface area (Å²) in [6.45, 7) is 0.238. The number of nitro benzene ring substituents is 1. The summed E-state index contributed by atoms with van der Waals surface area (Å²) in [4.78, 5) is 22.9. The number of nitro groups is 1. The molecule has 0 fully saturated rings. The largest absolute Gasteiger partial charge is 0.488 e. The SMILES string of the molecule is N#C/C(=C\c1cc(Cl)ccc1OCc1ccc(Cl)cc1)C(=O)Nc1cccc([N+](=O)[O-])c1. The van der Waals surface area contributed by atoms with Crippen LogP contribution in [-0.2, 0) is 11.4 Å². The van der Waals surface area contributed by atoms with Gasteiger partial charge in [0.15, 0.2) is 0 Å². The molecule has 1 amide bonds. The number of carbonyl (C=O) groups is 1. The van der Waals surface area contributed by atoms with Crippen molar-refractivity contribution in [3.63, 3.8) is 0 Å². The molecule has 1 N–H and O–H groups in total. The second kappa shape index (κ2) is 10.4. The van der Waals surface area contributed by atoms with Gasteiger partial charge in [0.2, 0.25) is 0 Å². The molecule has 0 heterocycles. The first-order chi connectivity index (χ1) is 15.4. The van der Waals surface area contributed by atoms with E-state index in [1.807, 2.05) is 18.2 Å². The molecule has 3 aromatic carbocycles. The quantitative estimate of drug-likeness (QED) is 0.197. The summed E-state index contributed by atoms with van der Waals surface area (Å²) in [6, 6.07) is 19.2. The zero-order chi connectivity index (χ0) is 23.1. The van der Waals surface area contributed by atoms with Gasteiger partial charge in [0.05, 0.1) is 4.92 Å². The molecule has 0 saturated heterocycles. The average Bonchev–Trinajstić information content (AvgIpc) is 2.78. The van der Waals surface area contributed by atoms with Crippen molar-refractivity contribution in [3.05, 3.63) is 104 Å². The van der Waals surface area contributed by atoms with E-state index < -0.39 is 10.8 Å². The van der Waals surface area contributed by atoms with Crippen molar-refractivity contribution in [2.75, 3.05) is 5.32 Å².